The molecule has 0 heterocycles. The predicted octanol–water partition coefficient (Wildman–Crippen LogP) is 2.03. The molecule has 1 atom stereocenters. The molecule has 0 aliphatic carbocycles. The first-order valence-corrected chi connectivity index (χ1v) is 6.03. The predicted molar refractivity (Wildman–Crippen MR) is 69.0 cm³/mol. The Kier molecular flexibility index (Phi) is 7.06. The van der Waals surface area contributed by atoms with Gasteiger partial charge >= 0.3 is 0 Å². The van der Waals surface area contributed by atoms with E-state index in [9.17, 15) is 4.79 Å². The van der Waals surface area contributed by atoms with Crippen LogP contribution < -0.4 is 5.73 Å². The highest BCUT2D eigenvalue weighted by Crippen LogP contribution is 2.07. The number of carbonyl (C=O) groups is 1. The number of nitrogens with two attached hydrogens (primary N) is 1. The maximum absolute atomic E-state index is 12.1. The van der Waals surface area contributed by atoms with Crippen molar-refractivity contribution in [2.75, 3.05) is 13.1 Å². The number of carbonyl (C=O) groups excluding carboxylic acids is 1. The summed E-state index contributed by atoms with van der Waals surface area (Å²) in [5, 5.41) is 0. The Morgan fingerprint density at radius 3 is 2.00 bits per heavy atom. The van der Waals surface area contributed by atoms with Crippen molar-refractivity contribution in [3.05, 3.63) is 12.7 Å². The highest BCUT2D eigenvalue weighted by Gasteiger charge is 2.21. The van der Waals surface area contributed by atoms with Crippen LogP contribution in [0.3, 0.4) is 0 Å². The summed E-state index contributed by atoms with van der Waals surface area (Å²) in [6, 6.07) is -0.435. The lowest BCUT2D eigenvalue weighted by Gasteiger charge is -2.28. The van der Waals surface area contributed by atoms with Gasteiger partial charge in [-0.15, -0.1) is 6.58 Å². The molecule has 0 fully saturated rings. The van der Waals surface area contributed by atoms with E-state index in [2.05, 4.69) is 34.3 Å². The molecule has 0 aromatic carbocycles. The summed E-state index contributed by atoms with van der Waals surface area (Å²) in [7, 11) is 0. The van der Waals surface area contributed by atoms with E-state index < -0.39 is 6.04 Å². The first-order valence-electron chi connectivity index (χ1n) is 6.03. The van der Waals surface area contributed by atoms with Crippen molar-refractivity contribution in [3.63, 3.8) is 0 Å². The van der Waals surface area contributed by atoms with Gasteiger partial charge in [-0.05, 0) is 18.3 Å². The van der Waals surface area contributed by atoms with Gasteiger partial charge in [0, 0.05) is 13.1 Å². The molecule has 0 aliphatic rings. The van der Waals surface area contributed by atoms with E-state index >= 15 is 0 Å². The van der Waals surface area contributed by atoms with E-state index in [0.717, 1.165) is 13.1 Å². The zero-order valence-corrected chi connectivity index (χ0v) is 11.1. The van der Waals surface area contributed by atoms with Crippen LogP contribution in [0.1, 0.15) is 34.1 Å². The molecule has 94 valence electrons. The topological polar surface area (TPSA) is 46.3 Å². The number of rotatable bonds is 7. The van der Waals surface area contributed by atoms with Gasteiger partial charge in [-0.1, -0.05) is 33.8 Å². The van der Waals surface area contributed by atoms with Crippen molar-refractivity contribution in [1.82, 2.24) is 4.90 Å². The normalized spacial score (nSPS) is 12.9. The molecule has 0 bridgehead atoms. The molecule has 3 nitrogen and oxygen atoms in total. The van der Waals surface area contributed by atoms with Crippen molar-refractivity contribution >= 4 is 5.91 Å². The van der Waals surface area contributed by atoms with Gasteiger partial charge < -0.3 is 10.6 Å². The van der Waals surface area contributed by atoms with Crippen LogP contribution in [0.4, 0.5) is 0 Å². The lowest BCUT2D eigenvalue weighted by atomic mass is 10.1. The number of hydrogen-bond donors (Lipinski definition) is 1. The van der Waals surface area contributed by atoms with Gasteiger partial charge in [0.1, 0.15) is 0 Å². The quantitative estimate of drug-likeness (QED) is 0.675. The first-order chi connectivity index (χ1) is 7.38. The van der Waals surface area contributed by atoms with Crippen LogP contribution in [0.2, 0.25) is 0 Å². The van der Waals surface area contributed by atoms with E-state index in [1.54, 1.807) is 6.08 Å². The Morgan fingerprint density at radius 1 is 1.25 bits per heavy atom. The molecule has 0 aliphatic heterocycles. The minimum Gasteiger partial charge on any atom is -0.341 e. The molecule has 3 heteroatoms. The van der Waals surface area contributed by atoms with E-state index in [-0.39, 0.29) is 5.91 Å². The van der Waals surface area contributed by atoms with Crippen LogP contribution in [0.5, 0.6) is 0 Å². The minimum absolute atomic E-state index is 0.0438. The molecule has 0 rings (SSSR count). The summed E-state index contributed by atoms with van der Waals surface area (Å²) >= 11 is 0. The zero-order chi connectivity index (χ0) is 12.7. The smallest absolute Gasteiger partial charge is 0.239 e. The second-order valence-electron chi connectivity index (χ2n) is 5.16. The third-order valence-corrected chi connectivity index (χ3v) is 2.22. The molecule has 2 N–H and O–H groups in total. The fraction of sp³-hybridized carbons (Fsp3) is 0.769. The summed E-state index contributed by atoms with van der Waals surface area (Å²) in [6.45, 7) is 13.6. The SMILES string of the molecule is C=CCC(N)C(=O)N(CC(C)C)CC(C)C. The zero-order valence-electron chi connectivity index (χ0n) is 11.1. The molecule has 0 spiro atoms. The van der Waals surface area contributed by atoms with Crippen LogP contribution in [0.15, 0.2) is 12.7 Å². The molecule has 0 radical (unpaired) electrons. The Morgan fingerprint density at radius 2 is 1.69 bits per heavy atom. The fourth-order valence-electron chi connectivity index (χ4n) is 1.65. The van der Waals surface area contributed by atoms with Crippen LogP contribution in [0.25, 0.3) is 0 Å². The average molecular weight is 226 g/mol. The van der Waals surface area contributed by atoms with Crippen molar-refractivity contribution in [1.29, 1.82) is 0 Å². The number of amides is 1. The molecule has 0 saturated heterocycles. The fourth-order valence-corrected chi connectivity index (χ4v) is 1.65. The van der Waals surface area contributed by atoms with E-state index in [4.69, 9.17) is 5.73 Å². The van der Waals surface area contributed by atoms with Gasteiger partial charge in [0.25, 0.3) is 0 Å². The Hall–Kier alpha value is -0.830. The number of hydrogen-bond acceptors (Lipinski definition) is 2. The van der Waals surface area contributed by atoms with Crippen molar-refractivity contribution in [3.8, 4) is 0 Å². The molecule has 1 amide bonds. The Labute approximate surface area is 99.7 Å². The van der Waals surface area contributed by atoms with Crippen LogP contribution in [-0.2, 0) is 4.79 Å². The van der Waals surface area contributed by atoms with Gasteiger partial charge in [-0.25, -0.2) is 0 Å². The van der Waals surface area contributed by atoms with Crippen LogP contribution in [0, 0.1) is 11.8 Å². The van der Waals surface area contributed by atoms with E-state index in [0.29, 0.717) is 18.3 Å². The van der Waals surface area contributed by atoms with Gasteiger partial charge in [-0.2, -0.15) is 0 Å². The summed E-state index contributed by atoms with van der Waals surface area (Å²) in [6.07, 6.45) is 2.25. The Balaban J connectivity index is 4.47. The van der Waals surface area contributed by atoms with E-state index in [1.807, 2.05) is 4.90 Å². The average Bonchev–Trinajstić information content (AvgIpc) is 2.14. The second-order valence-corrected chi connectivity index (χ2v) is 5.16. The Bertz CT molecular complexity index is 214. The van der Waals surface area contributed by atoms with Gasteiger partial charge in [0.15, 0.2) is 0 Å². The molecule has 1 unspecified atom stereocenters. The lowest BCUT2D eigenvalue weighted by Crippen LogP contribution is -2.46. The minimum atomic E-state index is -0.435. The maximum Gasteiger partial charge on any atom is 0.239 e. The maximum atomic E-state index is 12.1. The first kappa shape index (κ1) is 15.2. The van der Waals surface area contributed by atoms with Crippen molar-refractivity contribution in [2.24, 2.45) is 17.6 Å². The third kappa shape index (κ3) is 5.91. The van der Waals surface area contributed by atoms with Crippen LogP contribution in [-0.4, -0.2) is 29.9 Å². The molecule has 0 saturated carbocycles. The largest absolute Gasteiger partial charge is 0.341 e. The summed E-state index contributed by atoms with van der Waals surface area (Å²) < 4.78 is 0. The molecular formula is C13H26N2O. The molecule has 0 aromatic rings. The molecule has 16 heavy (non-hydrogen) atoms. The lowest BCUT2D eigenvalue weighted by molar-refractivity contribution is -0.133. The highest BCUT2D eigenvalue weighted by molar-refractivity contribution is 5.81. The van der Waals surface area contributed by atoms with Gasteiger partial charge in [0.05, 0.1) is 6.04 Å². The summed E-state index contributed by atoms with van der Waals surface area (Å²) in [4.78, 5) is 13.9. The van der Waals surface area contributed by atoms with Gasteiger partial charge in [-0.3, -0.25) is 4.79 Å². The summed E-state index contributed by atoms with van der Waals surface area (Å²) in [5.41, 5.74) is 5.82. The second kappa shape index (κ2) is 7.44. The van der Waals surface area contributed by atoms with Crippen molar-refractivity contribution < 1.29 is 4.79 Å². The van der Waals surface area contributed by atoms with E-state index in [1.165, 1.54) is 0 Å². The van der Waals surface area contributed by atoms with Crippen LogP contribution >= 0.6 is 0 Å². The molecule has 0 aromatic heterocycles. The standard InChI is InChI=1S/C13H26N2O/c1-6-7-12(14)13(16)15(8-10(2)3)9-11(4)5/h6,10-12H,1,7-9,14H2,2-5H3. The third-order valence-electron chi connectivity index (χ3n) is 2.22. The van der Waals surface area contributed by atoms with Crippen molar-refractivity contribution in [2.45, 2.75) is 40.2 Å². The number of nitrogens with zero attached hydrogens (tertiary/aromatic N) is 1. The summed E-state index contributed by atoms with van der Waals surface area (Å²) in [5.74, 6) is 0.986. The molecular weight excluding hydrogens is 200 g/mol. The highest BCUT2D eigenvalue weighted by atomic mass is 16.2. The monoisotopic (exact) mass is 226 g/mol. The van der Waals surface area contributed by atoms with Gasteiger partial charge in [0.2, 0.25) is 5.91 Å².